The Labute approximate surface area is 98.9 Å². The molecule has 0 spiro atoms. The third-order valence-corrected chi connectivity index (χ3v) is 3.32. The van der Waals surface area contributed by atoms with Crippen LogP contribution in [0, 0.1) is 13.8 Å². The summed E-state index contributed by atoms with van der Waals surface area (Å²) in [6.07, 6.45) is 0. The number of hydrogen-bond donors (Lipinski definition) is 1. The van der Waals surface area contributed by atoms with Gasteiger partial charge in [0.15, 0.2) is 5.43 Å². The lowest BCUT2D eigenvalue weighted by Crippen LogP contribution is -2.04. The zero-order chi connectivity index (χ0) is 12.0. The molecule has 84 valence electrons. The number of H-pyrrole nitrogens is 1. The Kier molecular flexibility index (Phi) is 2.05. The zero-order valence-corrected chi connectivity index (χ0v) is 9.87. The number of rotatable bonds is 0. The van der Waals surface area contributed by atoms with Crippen molar-refractivity contribution < 1.29 is 0 Å². The number of para-hydroxylation sites is 1. The van der Waals surface area contributed by atoms with Crippen LogP contribution in [0.1, 0.15) is 11.1 Å². The molecule has 3 rings (SSSR count). The molecule has 2 heteroatoms. The van der Waals surface area contributed by atoms with Crippen LogP contribution in [0.25, 0.3) is 21.8 Å². The first-order chi connectivity index (χ1) is 8.16. The minimum absolute atomic E-state index is 0.109. The lowest BCUT2D eigenvalue weighted by atomic mass is 10.0. The predicted molar refractivity (Wildman–Crippen MR) is 71.5 cm³/mol. The second kappa shape index (κ2) is 3.45. The van der Waals surface area contributed by atoms with Crippen LogP contribution in [0.4, 0.5) is 0 Å². The van der Waals surface area contributed by atoms with Crippen molar-refractivity contribution in [2.45, 2.75) is 13.8 Å². The highest BCUT2D eigenvalue weighted by atomic mass is 16.1. The Bertz CT molecular complexity index is 784. The number of aromatic amines is 1. The quantitative estimate of drug-likeness (QED) is 0.583. The molecule has 0 amide bonds. The van der Waals surface area contributed by atoms with E-state index in [4.69, 9.17) is 0 Å². The van der Waals surface area contributed by atoms with Crippen LogP contribution >= 0.6 is 0 Å². The molecule has 0 aliphatic rings. The van der Waals surface area contributed by atoms with Crippen molar-refractivity contribution in [2.75, 3.05) is 0 Å². The van der Waals surface area contributed by atoms with Crippen LogP contribution < -0.4 is 5.43 Å². The van der Waals surface area contributed by atoms with Crippen molar-refractivity contribution in [1.82, 2.24) is 4.98 Å². The first-order valence-electron chi connectivity index (χ1n) is 5.69. The van der Waals surface area contributed by atoms with Crippen molar-refractivity contribution in [3.8, 4) is 0 Å². The normalized spacial score (nSPS) is 11.2. The number of fused-ring (bicyclic) bond motifs is 2. The molecular weight excluding hydrogens is 210 g/mol. The Hall–Kier alpha value is -2.09. The Morgan fingerprint density at radius 2 is 1.59 bits per heavy atom. The lowest BCUT2D eigenvalue weighted by Gasteiger charge is -2.05. The monoisotopic (exact) mass is 223 g/mol. The van der Waals surface area contributed by atoms with E-state index >= 15 is 0 Å². The lowest BCUT2D eigenvalue weighted by molar-refractivity contribution is 1.34. The van der Waals surface area contributed by atoms with Gasteiger partial charge in [0.2, 0.25) is 0 Å². The molecule has 1 aromatic heterocycles. The molecule has 0 fully saturated rings. The number of nitrogens with one attached hydrogen (secondary N) is 1. The summed E-state index contributed by atoms with van der Waals surface area (Å²) in [5, 5.41) is 1.52. The Balaban J connectivity index is 2.60. The Morgan fingerprint density at radius 1 is 0.882 bits per heavy atom. The standard InChI is InChI=1S/C15H13NO/c1-9-7-12-14(8-10(9)2)16-13-6-4-3-5-11(13)15(12)17/h3-8H,1-2H3,(H,16,17). The van der Waals surface area contributed by atoms with Crippen molar-refractivity contribution in [2.24, 2.45) is 0 Å². The van der Waals surface area contributed by atoms with Gasteiger partial charge in [0, 0.05) is 16.3 Å². The molecule has 0 aliphatic heterocycles. The van der Waals surface area contributed by atoms with Gasteiger partial charge in [-0.25, -0.2) is 0 Å². The fourth-order valence-electron chi connectivity index (χ4n) is 2.19. The molecule has 0 saturated heterocycles. The molecule has 0 atom stereocenters. The first-order valence-corrected chi connectivity index (χ1v) is 5.69. The number of benzene rings is 2. The van der Waals surface area contributed by atoms with Gasteiger partial charge in [0.05, 0.1) is 5.52 Å². The molecule has 2 aromatic carbocycles. The highest BCUT2D eigenvalue weighted by Crippen LogP contribution is 2.18. The van der Waals surface area contributed by atoms with Crippen LogP contribution in [0.15, 0.2) is 41.2 Å². The van der Waals surface area contributed by atoms with E-state index in [1.54, 1.807) is 0 Å². The molecule has 0 aliphatic carbocycles. The summed E-state index contributed by atoms with van der Waals surface area (Å²) in [4.78, 5) is 15.6. The maximum Gasteiger partial charge on any atom is 0.197 e. The van der Waals surface area contributed by atoms with Gasteiger partial charge in [-0.15, -0.1) is 0 Å². The fraction of sp³-hybridized carbons (Fsp3) is 0.133. The van der Waals surface area contributed by atoms with Crippen LogP contribution in [0.3, 0.4) is 0 Å². The van der Waals surface area contributed by atoms with Gasteiger partial charge < -0.3 is 4.98 Å². The van der Waals surface area contributed by atoms with Crippen LogP contribution in [-0.4, -0.2) is 4.98 Å². The van der Waals surface area contributed by atoms with Gasteiger partial charge in [-0.2, -0.15) is 0 Å². The highest BCUT2D eigenvalue weighted by Gasteiger charge is 2.06. The van der Waals surface area contributed by atoms with Crippen molar-refractivity contribution in [3.05, 3.63) is 57.7 Å². The van der Waals surface area contributed by atoms with Crippen molar-refractivity contribution in [3.63, 3.8) is 0 Å². The van der Waals surface area contributed by atoms with Gasteiger partial charge in [0.25, 0.3) is 0 Å². The van der Waals surface area contributed by atoms with E-state index in [-0.39, 0.29) is 5.43 Å². The number of pyridine rings is 1. The molecule has 3 aromatic rings. The summed E-state index contributed by atoms with van der Waals surface area (Å²) < 4.78 is 0. The summed E-state index contributed by atoms with van der Waals surface area (Å²) in [5.74, 6) is 0. The molecule has 1 N–H and O–H groups in total. The molecule has 0 unspecified atom stereocenters. The molecule has 0 radical (unpaired) electrons. The van der Waals surface area contributed by atoms with E-state index in [0.717, 1.165) is 27.4 Å². The first kappa shape index (κ1) is 10.1. The van der Waals surface area contributed by atoms with Crippen molar-refractivity contribution >= 4 is 21.8 Å². The van der Waals surface area contributed by atoms with Gasteiger partial charge >= 0.3 is 0 Å². The second-order valence-electron chi connectivity index (χ2n) is 4.48. The number of aryl methyl sites for hydroxylation is 2. The average Bonchev–Trinajstić information content (AvgIpc) is 2.32. The molecular formula is C15H13NO. The average molecular weight is 223 g/mol. The molecule has 1 heterocycles. The topological polar surface area (TPSA) is 32.9 Å². The third kappa shape index (κ3) is 1.45. The zero-order valence-electron chi connectivity index (χ0n) is 9.87. The van der Waals surface area contributed by atoms with Crippen LogP contribution in [0.5, 0.6) is 0 Å². The summed E-state index contributed by atoms with van der Waals surface area (Å²) in [6.45, 7) is 4.09. The molecule has 2 nitrogen and oxygen atoms in total. The predicted octanol–water partition coefficient (Wildman–Crippen LogP) is 3.30. The minimum atomic E-state index is 0.109. The van der Waals surface area contributed by atoms with E-state index in [9.17, 15) is 4.79 Å². The Morgan fingerprint density at radius 3 is 2.41 bits per heavy atom. The van der Waals surface area contributed by atoms with Gasteiger partial charge in [-0.1, -0.05) is 12.1 Å². The maximum absolute atomic E-state index is 12.3. The van der Waals surface area contributed by atoms with E-state index in [2.05, 4.69) is 11.9 Å². The summed E-state index contributed by atoms with van der Waals surface area (Å²) in [6, 6.07) is 11.6. The maximum atomic E-state index is 12.3. The summed E-state index contributed by atoms with van der Waals surface area (Å²) in [7, 11) is 0. The molecule has 17 heavy (non-hydrogen) atoms. The van der Waals surface area contributed by atoms with E-state index < -0.39 is 0 Å². The fourth-order valence-corrected chi connectivity index (χ4v) is 2.19. The molecule has 0 bridgehead atoms. The third-order valence-electron chi connectivity index (χ3n) is 3.32. The molecule has 0 saturated carbocycles. The van der Waals surface area contributed by atoms with E-state index in [1.807, 2.05) is 43.3 Å². The number of aromatic nitrogens is 1. The SMILES string of the molecule is Cc1cc2[nH]c3ccccc3c(=O)c2cc1C. The summed E-state index contributed by atoms with van der Waals surface area (Å²) in [5.41, 5.74) is 4.27. The largest absolute Gasteiger partial charge is 0.354 e. The van der Waals surface area contributed by atoms with Gasteiger partial charge in [0.1, 0.15) is 0 Å². The summed E-state index contributed by atoms with van der Waals surface area (Å²) >= 11 is 0. The van der Waals surface area contributed by atoms with E-state index in [0.29, 0.717) is 0 Å². The van der Waals surface area contributed by atoms with Gasteiger partial charge in [-0.05, 0) is 49.2 Å². The van der Waals surface area contributed by atoms with Crippen LogP contribution in [-0.2, 0) is 0 Å². The van der Waals surface area contributed by atoms with Crippen molar-refractivity contribution in [1.29, 1.82) is 0 Å². The van der Waals surface area contributed by atoms with E-state index in [1.165, 1.54) is 5.56 Å². The van der Waals surface area contributed by atoms with Gasteiger partial charge in [-0.3, -0.25) is 4.79 Å². The minimum Gasteiger partial charge on any atom is -0.354 e. The van der Waals surface area contributed by atoms with Crippen LogP contribution in [0.2, 0.25) is 0 Å². The number of hydrogen-bond acceptors (Lipinski definition) is 1. The second-order valence-corrected chi connectivity index (χ2v) is 4.48. The smallest absolute Gasteiger partial charge is 0.197 e. The highest BCUT2D eigenvalue weighted by molar-refractivity contribution is 5.92.